The summed E-state index contributed by atoms with van der Waals surface area (Å²) in [6.07, 6.45) is 4.03. The summed E-state index contributed by atoms with van der Waals surface area (Å²) in [6.45, 7) is 9.43. The van der Waals surface area contributed by atoms with E-state index in [0.717, 1.165) is 56.5 Å². The molecule has 0 aromatic carbocycles. The second-order valence-electron chi connectivity index (χ2n) is 5.01. The highest BCUT2D eigenvalue weighted by Crippen LogP contribution is 2.13. The highest BCUT2D eigenvalue weighted by Gasteiger charge is 2.06. The van der Waals surface area contributed by atoms with Gasteiger partial charge in [-0.2, -0.15) is 0 Å². The molecule has 2 rings (SSSR count). The molecule has 21 heavy (non-hydrogen) atoms. The largest absolute Gasteiger partial charge is 0.382 e. The van der Waals surface area contributed by atoms with Crippen LogP contribution in [-0.2, 0) is 17.7 Å². The van der Waals surface area contributed by atoms with Crippen molar-refractivity contribution in [2.75, 3.05) is 25.1 Å². The smallest absolute Gasteiger partial charge is 0.203 e. The molecule has 2 aromatic rings. The molecule has 0 spiro atoms. The summed E-state index contributed by atoms with van der Waals surface area (Å²) in [5, 5.41) is 6.67. The molecule has 0 saturated heterocycles. The molecule has 0 aliphatic heterocycles. The summed E-state index contributed by atoms with van der Waals surface area (Å²) in [7, 11) is 0. The zero-order valence-corrected chi connectivity index (χ0v) is 13.9. The zero-order valence-electron chi connectivity index (χ0n) is 13.1. The second kappa shape index (κ2) is 8.14. The SMILES string of the molecule is CCOCCCNc1nc(C)cn1CCc1nc(C)cs1. The van der Waals surface area contributed by atoms with E-state index in [1.165, 1.54) is 5.01 Å². The molecule has 1 N–H and O–H groups in total. The van der Waals surface area contributed by atoms with Gasteiger partial charge in [-0.05, 0) is 27.2 Å². The molecule has 116 valence electrons. The number of hydrogen-bond donors (Lipinski definition) is 1. The van der Waals surface area contributed by atoms with E-state index in [9.17, 15) is 0 Å². The van der Waals surface area contributed by atoms with Gasteiger partial charge in [-0.25, -0.2) is 9.97 Å². The Balaban J connectivity index is 1.84. The predicted molar refractivity (Wildman–Crippen MR) is 87.1 cm³/mol. The van der Waals surface area contributed by atoms with E-state index in [-0.39, 0.29) is 0 Å². The summed E-state index contributed by atoms with van der Waals surface area (Å²) in [4.78, 5) is 9.05. The molecule has 0 aliphatic carbocycles. The molecule has 2 aromatic heterocycles. The summed E-state index contributed by atoms with van der Waals surface area (Å²) < 4.78 is 7.51. The molecule has 0 bridgehead atoms. The topological polar surface area (TPSA) is 52.0 Å². The van der Waals surface area contributed by atoms with Crippen LogP contribution in [0.25, 0.3) is 0 Å². The Bertz CT molecular complexity index is 550. The minimum absolute atomic E-state index is 0.779. The van der Waals surface area contributed by atoms with Crippen LogP contribution in [0.1, 0.15) is 29.7 Å². The number of hydrogen-bond acceptors (Lipinski definition) is 5. The number of nitrogens with zero attached hydrogens (tertiary/aromatic N) is 3. The molecule has 5 nitrogen and oxygen atoms in total. The van der Waals surface area contributed by atoms with Gasteiger partial charge in [0.2, 0.25) is 5.95 Å². The second-order valence-corrected chi connectivity index (χ2v) is 5.95. The van der Waals surface area contributed by atoms with E-state index in [0.29, 0.717) is 0 Å². The number of aryl methyl sites for hydroxylation is 4. The fourth-order valence-corrected chi connectivity index (χ4v) is 2.88. The minimum Gasteiger partial charge on any atom is -0.382 e. The first kappa shape index (κ1) is 16.0. The van der Waals surface area contributed by atoms with Crippen molar-refractivity contribution in [3.8, 4) is 0 Å². The van der Waals surface area contributed by atoms with Gasteiger partial charge in [0.15, 0.2) is 0 Å². The molecule has 2 heterocycles. The first-order chi connectivity index (χ1) is 10.2. The normalized spacial score (nSPS) is 11.0. The summed E-state index contributed by atoms with van der Waals surface area (Å²) in [6, 6.07) is 0. The summed E-state index contributed by atoms with van der Waals surface area (Å²) in [5.74, 6) is 0.942. The lowest BCUT2D eigenvalue weighted by Gasteiger charge is -2.09. The number of rotatable bonds is 9. The zero-order chi connectivity index (χ0) is 15.1. The van der Waals surface area contributed by atoms with Gasteiger partial charge >= 0.3 is 0 Å². The first-order valence-electron chi connectivity index (χ1n) is 7.45. The molecule has 0 saturated carbocycles. The van der Waals surface area contributed by atoms with Gasteiger partial charge in [-0.15, -0.1) is 11.3 Å². The van der Waals surface area contributed by atoms with E-state index >= 15 is 0 Å². The lowest BCUT2D eigenvalue weighted by Crippen LogP contribution is -2.11. The Morgan fingerprint density at radius 3 is 2.86 bits per heavy atom. The average molecular weight is 308 g/mol. The number of anilines is 1. The highest BCUT2D eigenvalue weighted by atomic mass is 32.1. The van der Waals surface area contributed by atoms with Crippen molar-refractivity contribution in [2.24, 2.45) is 0 Å². The van der Waals surface area contributed by atoms with Crippen LogP contribution in [0.5, 0.6) is 0 Å². The standard InChI is InChI=1S/C15H24N4OS/c1-4-20-9-5-7-16-15-18-12(2)10-19(15)8-6-14-17-13(3)11-21-14/h10-11H,4-9H2,1-3H3,(H,16,18). The summed E-state index contributed by atoms with van der Waals surface area (Å²) >= 11 is 1.73. The minimum atomic E-state index is 0.779. The molecule has 0 unspecified atom stereocenters. The van der Waals surface area contributed by atoms with Crippen molar-refractivity contribution >= 4 is 17.3 Å². The van der Waals surface area contributed by atoms with Crippen LogP contribution >= 0.6 is 11.3 Å². The maximum Gasteiger partial charge on any atom is 0.203 e. The molecular formula is C15H24N4OS. The maximum atomic E-state index is 5.34. The van der Waals surface area contributed by atoms with Crippen LogP contribution in [0.15, 0.2) is 11.6 Å². The van der Waals surface area contributed by atoms with Crippen LogP contribution in [-0.4, -0.2) is 34.3 Å². The number of imidazole rings is 1. The van der Waals surface area contributed by atoms with E-state index in [1.54, 1.807) is 11.3 Å². The van der Waals surface area contributed by atoms with Crippen molar-refractivity contribution in [1.29, 1.82) is 0 Å². The fourth-order valence-electron chi connectivity index (χ4n) is 2.11. The Morgan fingerprint density at radius 1 is 1.29 bits per heavy atom. The molecule has 6 heteroatoms. The van der Waals surface area contributed by atoms with Gasteiger partial charge in [0.1, 0.15) is 0 Å². The number of nitrogens with one attached hydrogen (secondary N) is 1. The van der Waals surface area contributed by atoms with Gasteiger partial charge in [-0.3, -0.25) is 0 Å². The van der Waals surface area contributed by atoms with Gasteiger partial charge in [0.25, 0.3) is 0 Å². The number of ether oxygens (including phenoxy) is 1. The predicted octanol–water partition coefficient (Wildman–Crippen LogP) is 3.04. The molecule has 0 atom stereocenters. The van der Waals surface area contributed by atoms with E-state index in [4.69, 9.17) is 4.74 Å². The molecule has 0 aliphatic rings. The Morgan fingerprint density at radius 2 is 2.14 bits per heavy atom. The number of aromatic nitrogens is 3. The Hall–Kier alpha value is -1.40. The lowest BCUT2D eigenvalue weighted by molar-refractivity contribution is 0.147. The average Bonchev–Trinajstić information content (AvgIpc) is 3.02. The molecule has 0 amide bonds. The molecule has 0 fully saturated rings. The highest BCUT2D eigenvalue weighted by molar-refractivity contribution is 7.09. The maximum absolute atomic E-state index is 5.34. The van der Waals surface area contributed by atoms with Gasteiger partial charge in [-0.1, -0.05) is 0 Å². The Labute approximate surface area is 130 Å². The first-order valence-corrected chi connectivity index (χ1v) is 8.33. The van der Waals surface area contributed by atoms with Crippen LogP contribution in [0, 0.1) is 13.8 Å². The fraction of sp³-hybridized carbons (Fsp3) is 0.600. The third-order valence-electron chi connectivity index (χ3n) is 3.08. The van der Waals surface area contributed by atoms with Crippen LogP contribution < -0.4 is 5.32 Å². The molecular weight excluding hydrogens is 284 g/mol. The number of thiazole rings is 1. The van der Waals surface area contributed by atoms with Gasteiger partial charge in [0, 0.05) is 50.0 Å². The van der Waals surface area contributed by atoms with Crippen LogP contribution in [0.3, 0.4) is 0 Å². The van der Waals surface area contributed by atoms with Crippen molar-refractivity contribution in [3.05, 3.63) is 28.0 Å². The third-order valence-corrected chi connectivity index (χ3v) is 4.11. The van der Waals surface area contributed by atoms with Crippen LogP contribution in [0.2, 0.25) is 0 Å². The van der Waals surface area contributed by atoms with Crippen molar-refractivity contribution in [2.45, 2.75) is 40.2 Å². The quantitative estimate of drug-likeness (QED) is 0.723. The lowest BCUT2D eigenvalue weighted by atomic mass is 10.4. The monoisotopic (exact) mass is 308 g/mol. The van der Waals surface area contributed by atoms with E-state index in [2.05, 4.69) is 31.4 Å². The van der Waals surface area contributed by atoms with Crippen LogP contribution in [0.4, 0.5) is 5.95 Å². The third kappa shape index (κ3) is 5.13. The molecule has 0 radical (unpaired) electrons. The van der Waals surface area contributed by atoms with Crippen molar-refractivity contribution < 1.29 is 4.74 Å². The summed E-state index contributed by atoms with van der Waals surface area (Å²) in [5.41, 5.74) is 2.14. The van der Waals surface area contributed by atoms with E-state index in [1.807, 2.05) is 20.8 Å². The van der Waals surface area contributed by atoms with Crippen molar-refractivity contribution in [3.63, 3.8) is 0 Å². The van der Waals surface area contributed by atoms with Crippen molar-refractivity contribution in [1.82, 2.24) is 14.5 Å². The van der Waals surface area contributed by atoms with Gasteiger partial charge in [0.05, 0.1) is 10.7 Å². The van der Waals surface area contributed by atoms with E-state index < -0.39 is 0 Å². The van der Waals surface area contributed by atoms with Gasteiger partial charge < -0.3 is 14.6 Å². The Kier molecular flexibility index (Phi) is 6.20.